The van der Waals surface area contributed by atoms with Crippen LogP contribution >= 0.6 is 0 Å². The van der Waals surface area contributed by atoms with Gasteiger partial charge in [-0.15, -0.1) is 0 Å². The lowest BCUT2D eigenvalue weighted by Crippen LogP contribution is -2.19. The summed E-state index contributed by atoms with van der Waals surface area (Å²) in [5.74, 6) is 3.43. The lowest BCUT2D eigenvalue weighted by Gasteiger charge is -2.17. The maximum absolute atomic E-state index is 9.09. The highest BCUT2D eigenvalue weighted by molar-refractivity contribution is 5.52. The molecule has 0 unspecified atom stereocenters. The summed E-state index contributed by atoms with van der Waals surface area (Å²) in [6.45, 7) is 2.95. The molecule has 2 saturated carbocycles. The molecule has 0 spiro atoms. The Labute approximate surface area is 108 Å². The fourth-order valence-electron chi connectivity index (χ4n) is 2.76. The first-order chi connectivity index (χ1) is 8.78. The summed E-state index contributed by atoms with van der Waals surface area (Å²) in [6, 6.07) is 5.96. The highest BCUT2D eigenvalue weighted by Gasteiger charge is 2.41. The van der Waals surface area contributed by atoms with E-state index in [9.17, 15) is 0 Å². The Morgan fingerprint density at radius 3 is 2.56 bits per heavy atom. The van der Waals surface area contributed by atoms with E-state index < -0.39 is 0 Å². The Kier molecular flexibility index (Phi) is 2.95. The van der Waals surface area contributed by atoms with Gasteiger partial charge in [0.1, 0.15) is 11.9 Å². The van der Waals surface area contributed by atoms with Crippen LogP contribution in [-0.2, 0) is 0 Å². The molecule has 1 aromatic rings. The molecule has 2 aliphatic rings. The van der Waals surface area contributed by atoms with E-state index in [-0.39, 0.29) is 0 Å². The highest BCUT2D eigenvalue weighted by Crippen LogP contribution is 2.49. The highest BCUT2D eigenvalue weighted by atomic mass is 15.0. The molecule has 0 aliphatic heterocycles. The Morgan fingerprint density at radius 2 is 2.00 bits per heavy atom. The number of rotatable bonds is 5. The van der Waals surface area contributed by atoms with Crippen LogP contribution in [0.4, 0.5) is 5.82 Å². The van der Waals surface area contributed by atoms with E-state index >= 15 is 0 Å². The summed E-state index contributed by atoms with van der Waals surface area (Å²) < 4.78 is 0. The van der Waals surface area contributed by atoms with Gasteiger partial charge in [-0.2, -0.15) is 5.26 Å². The molecule has 3 rings (SSSR count). The van der Waals surface area contributed by atoms with Crippen molar-refractivity contribution in [2.24, 2.45) is 17.8 Å². The smallest absolute Gasteiger partial charge is 0.144 e. The molecule has 0 aromatic carbocycles. The van der Waals surface area contributed by atoms with Crippen molar-refractivity contribution in [2.45, 2.75) is 32.6 Å². The zero-order valence-corrected chi connectivity index (χ0v) is 10.8. The van der Waals surface area contributed by atoms with Crippen LogP contribution in [0.15, 0.2) is 12.1 Å². The van der Waals surface area contributed by atoms with Gasteiger partial charge in [-0.1, -0.05) is 0 Å². The molecule has 3 nitrogen and oxygen atoms in total. The monoisotopic (exact) mass is 241 g/mol. The summed E-state index contributed by atoms with van der Waals surface area (Å²) in [5.41, 5.74) is 1.62. The molecule has 0 amide bonds. The third kappa shape index (κ3) is 2.48. The molecule has 1 aromatic heterocycles. The van der Waals surface area contributed by atoms with Gasteiger partial charge >= 0.3 is 0 Å². The van der Waals surface area contributed by atoms with E-state index in [4.69, 9.17) is 5.26 Å². The Bertz CT molecular complexity index is 469. The second kappa shape index (κ2) is 4.61. The molecule has 1 N–H and O–H groups in total. The zero-order valence-electron chi connectivity index (χ0n) is 10.8. The summed E-state index contributed by atoms with van der Waals surface area (Å²) in [6.07, 6.45) is 5.59. The number of aryl methyl sites for hydroxylation is 1. The van der Waals surface area contributed by atoms with Crippen LogP contribution in [0.1, 0.15) is 36.9 Å². The fraction of sp³-hybridized carbons (Fsp3) is 0.600. The Morgan fingerprint density at radius 1 is 1.33 bits per heavy atom. The van der Waals surface area contributed by atoms with Gasteiger partial charge in [0.2, 0.25) is 0 Å². The number of anilines is 1. The first kappa shape index (κ1) is 11.5. The van der Waals surface area contributed by atoms with Gasteiger partial charge in [0.25, 0.3) is 0 Å². The number of hydrogen-bond acceptors (Lipinski definition) is 3. The van der Waals surface area contributed by atoms with Crippen LogP contribution in [0.5, 0.6) is 0 Å². The van der Waals surface area contributed by atoms with E-state index in [1.54, 1.807) is 0 Å². The molecule has 18 heavy (non-hydrogen) atoms. The molecular weight excluding hydrogens is 222 g/mol. The van der Waals surface area contributed by atoms with Crippen molar-refractivity contribution in [3.05, 3.63) is 23.4 Å². The van der Waals surface area contributed by atoms with Crippen molar-refractivity contribution in [1.82, 2.24) is 4.98 Å². The molecule has 1 heterocycles. The van der Waals surface area contributed by atoms with Crippen molar-refractivity contribution in [3.63, 3.8) is 0 Å². The average Bonchev–Trinajstić information content (AvgIpc) is 3.24. The molecule has 2 aliphatic carbocycles. The number of aromatic nitrogens is 1. The molecule has 0 saturated heterocycles. The van der Waals surface area contributed by atoms with E-state index in [0.29, 0.717) is 5.56 Å². The molecule has 3 heteroatoms. The molecule has 2 fully saturated rings. The lowest BCUT2D eigenvalue weighted by atomic mass is 9.98. The van der Waals surface area contributed by atoms with Crippen molar-refractivity contribution in [3.8, 4) is 6.07 Å². The van der Waals surface area contributed by atoms with E-state index in [0.717, 1.165) is 35.8 Å². The van der Waals surface area contributed by atoms with Gasteiger partial charge in [-0.25, -0.2) is 4.98 Å². The first-order valence-corrected chi connectivity index (χ1v) is 6.89. The maximum atomic E-state index is 9.09. The number of hydrogen-bond donors (Lipinski definition) is 1. The maximum Gasteiger partial charge on any atom is 0.144 e. The van der Waals surface area contributed by atoms with Gasteiger partial charge in [0.05, 0.1) is 5.56 Å². The van der Waals surface area contributed by atoms with Crippen molar-refractivity contribution < 1.29 is 0 Å². The van der Waals surface area contributed by atoms with Gasteiger partial charge in [0, 0.05) is 12.2 Å². The average molecular weight is 241 g/mol. The third-order valence-corrected chi connectivity index (χ3v) is 4.12. The van der Waals surface area contributed by atoms with E-state index in [1.807, 2.05) is 19.1 Å². The van der Waals surface area contributed by atoms with E-state index in [1.165, 1.54) is 25.7 Å². The van der Waals surface area contributed by atoms with Crippen molar-refractivity contribution in [2.75, 3.05) is 11.9 Å². The van der Waals surface area contributed by atoms with Gasteiger partial charge < -0.3 is 5.32 Å². The zero-order chi connectivity index (χ0) is 12.5. The minimum atomic E-state index is 0.658. The van der Waals surface area contributed by atoms with Crippen LogP contribution in [0, 0.1) is 36.0 Å². The van der Waals surface area contributed by atoms with Crippen molar-refractivity contribution >= 4 is 5.82 Å². The van der Waals surface area contributed by atoms with Gasteiger partial charge in [0.15, 0.2) is 0 Å². The van der Waals surface area contributed by atoms with Crippen molar-refractivity contribution in [1.29, 1.82) is 5.26 Å². The topological polar surface area (TPSA) is 48.7 Å². The molecule has 0 atom stereocenters. The molecule has 94 valence electrons. The second-order valence-electron chi connectivity index (χ2n) is 5.68. The number of nitriles is 1. The molecule has 0 radical (unpaired) electrons. The van der Waals surface area contributed by atoms with Crippen LogP contribution in [-0.4, -0.2) is 11.5 Å². The summed E-state index contributed by atoms with van der Waals surface area (Å²) in [5, 5.41) is 12.5. The fourth-order valence-corrected chi connectivity index (χ4v) is 2.76. The van der Waals surface area contributed by atoms with Crippen LogP contribution in [0.2, 0.25) is 0 Å². The number of pyridine rings is 1. The number of nitrogens with zero attached hydrogens (tertiary/aromatic N) is 2. The quantitative estimate of drug-likeness (QED) is 0.861. The van der Waals surface area contributed by atoms with Gasteiger partial charge in [-0.3, -0.25) is 0 Å². The minimum Gasteiger partial charge on any atom is -0.369 e. The van der Waals surface area contributed by atoms with Crippen LogP contribution < -0.4 is 5.32 Å². The predicted octanol–water partition coefficient (Wildman–Crippen LogP) is 3.11. The van der Waals surface area contributed by atoms with Crippen LogP contribution in [0.25, 0.3) is 0 Å². The predicted molar refractivity (Wildman–Crippen MR) is 71.1 cm³/mol. The summed E-state index contributed by atoms with van der Waals surface area (Å²) in [4.78, 5) is 4.44. The normalized spacial score (nSPS) is 18.7. The Hall–Kier alpha value is -1.56. The van der Waals surface area contributed by atoms with E-state index in [2.05, 4.69) is 16.4 Å². The largest absolute Gasteiger partial charge is 0.369 e. The summed E-state index contributed by atoms with van der Waals surface area (Å²) in [7, 11) is 0. The summed E-state index contributed by atoms with van der Waals surface area (Å²) >= 11 is 0. The molecular formula is C15H19N3. The Balaban J connectivity index is 1.68. The van der Waals surface area contributed by atoms with Crippen LogP contribution in [0.3, 0.4) is 0 Å². The van der Waals surface area contributed by atoms with Gasteiger partial charge in [-0.05, 0) is 62.5 Å². The minimum absolute atomic E-state index is 0.658. The molecule has 0 bridgehead atoms. The second-order valence-corrected chi connectivity index (χ2v) is 5.68. The standard InChI is InChI=1S/C15H19N3/c1-10-2-3-13(8-16)15(18-10)17-9-14(11-4-5-11)12-6-7-12/h2-3,11-12,14H,4-7,9H2,1H3,(H,17,18). The SMILES string of the molecule is Cc1ccc(C#N)c(NCC(C2CC2)C2CC2)n1. The lowest BCUT2D eigenvalue weighted by molar-refractivity contribution is 0.427. The number of nitrogens with one attached hydrogen (secondary N) is 1. The first-order valence-electron chi connectivity index (χ1n) is 6.89. The third-order valence-electron chi connectivity index (χ3n) is 4.12.